The van der Waals surface area contributed by atoms with Crippen molar-refractivity contribution >= 4 is 21.4 Å². The van der Waals surface area contributed by atoms with Crippen molar-refractivity contribution in [1.82, 2.24) is 9.38 Å². The molecule has 0 fully saturated rings. The van der Waals surface area contributed by atoms with Gasteiger partial charge < -0.3 is 4.40 Å². The minimum Gasteiger partial charge on any atom is -0.302 e. The second-order valence-electron chi connectivity index (χ2n) is 5.78. The van der Waals surface area contributed by atoms with Crippen LogP contribution >= 0.6 is 0 Å². The summed E-state index contributed by atoms with van der Waals surface area (Å²) in [6.07, 6.45) is 1.75. The van der Waals surface area contributed by atoms with Gasteiger partial charge in [0, 0.05) is 11.9 Å². The van der Waals surface area contributed by atoms with Crippen molar-refractivity contribution in [3.63, 3.8) is 0 Å². The van der Waals surface area contributed by atoms with Crippen LogP contribution in [0.5, 0.6) is 0 Å². The summed E-state index contributed by atoms with van der Waals surface area (Å²) < 4.78 is 29.6. The summed E-state index contributed by atoms with van der Waals surface area (Å²) in [4.78, 5) is 4.68. The number of imidazole rings is 1. The zero-order chi connectivity index (χ0) is 16.8. The molecule has 0 amide bonds. The fraction of sp³-hybridized carbons (Fsp3) is 0.235. The summed E-state index contributed by atoms with van der Waals surface area (Å²) in [5.74, 6) is 0. The van der Waals surface area contributed by atoms with Gasteiger partial charge in [-0.05, 0) is 63.1 Å². The number of benzene rings is 1. The highest BCUT2D eigenvalue weighted by molar-refractivity contribution is 7.92. The highest BCUT2D eigenvalue weighted by Gasteiger charge is 2.15. The summed E-state index contributed by atoms with van der Waals surface area (Å²) in [7, 11) is -3.61. The van der Waals surface area contributed by atoms with Gasteiger partial charge in [0.25, 0.3) is 10.0 Å². The summed E-state index contributed by atoms with van der Waals surface area (Å²) in [5.41, 5.74) is 5.25. The van der Waals surface area contributed by atoms with Gasteiger partial charge in [0.2, 0.25) is 0 Å². The van der Waals surface area contributed by atoms with Crippen LogP contribution in [0, 0.1) is 27.7 Å². The lowest BCUT2D eigenvalue weighted by Gasteiger charge is -2.10. The molecule has 5 nitrogen and oxygen atoms in total. The average Bonchev–Trinajstić information content (AvgIpc) is 2.77. The number of pyridine rings is 1. The molecule has 3 aromatic rings. The highest BCUT2D eigenvalue weighted by atomic mass is 32.2. The first kappa shape index (κ1) is 15.6. The van der Waals surface area contributed by atoms with Crippen molar-refractivity contribution in [3.05, 3.63) is 59.0 Å². The van der Waals surface area contributed by atoms with Gasteiger partial charge in [-0.1, -0.05) is 6.07 Å². The van der Waals surface area contributed by atoms with Crippen LogP contribution in [-0.4, -0.2) is 17.8 Å². The quantitative estimate of drug-likeness (QED) is 0.801. The van der Waals surface area contributed by atoms with Gasteiger partial charge in [0.05, 0.1) is 16.3 Å². The molecule has 120 valence electrons. The molecule has 6 heteroatoms. The van der Waals surface area contributed by atoms with Crippen LogP contribution in [0.4, 0.5) is 5.69 Å². The van der Waals surface area contributed by atoms with Crippen LogP contribution in [0.2, 0.25) is 0 Å². The average molecular weight is 329 g/mol. The lowest BCUT2D eigenvalue weighted by atomic mass is 10.1. The highest BCUT2D eigenvalue weighted by Crippen LogP contribution is 2.20. The molecule has 0 atom stereocenters. The summed E-state index contributed by atoms with van der Waals surface area (Å²) in [5, 5.41) is 0. The van der Waals surface area contributed by atoms with E-state index in [-0.39, 0.29) is 4.90 Å². The molecule has 0 unspecified atom stereocenters. The van der Waals surface area contributed by atoms with Crippen molar-refractivity contribution in [2.45, 2.75) is 32.6 Å². The number of fused-ring (bicyclic) bond motifs is 1. The molecule has 0 aliphatic carbocycles. The molecule has 3 rings (SSSR count). The monoisotopic (exact) mass is 329 g/mol. The van der Waals surface area contributed by atoms with Gasteiger partial charge in [-0.2, -0.15) is 0 Å². The molecular weight excluding hydrogens is 310 g/mol. The van der Waals surface area contributed by atoms with Crippen molar-refractivity contribution in [1.29, 1.82) is 0 Å². The zero-order valence-corrected chi connectivity index (χ0v) is 14.4. The Labute approximate surface area is 136 Å². The van der Waals surface area contributed by atoms with Gasteiger partial charge in [-0.25, -0.2) is 13.4 Å². The number of hydrogen-bond donors (Lipinski definition) is 1. The maximum Gasteiger partial charge on any atom is 0.261 e. The van der Waals surface area contributed by atoms with Gasteiger partial charge in [0.15, 0.2) is 0 Å². The molecule has 2 aromatic heterocycles. The van der Waals surface area contributed by atoms with E-state index in [2.05, 4.69) is 9.71 Å². The number of nitrogens with zero attached hydrogens (tertiary/aromatic N) is 2. The van der Waals surface area contributed by atoms with Gasteiger partial charge in [-0.15, -0.1) is 0 Å². The van der Waals surface area contributed by atoms with Gasteiger partial charge >= 0.3 is 0 Å². The Morgan fingerprint density at radius 1 is 1.00 bits per heavy atom. The largest absolute Gasteiger partial charge is 0.302 e. The van der Waals surface area contributed by atoms with Gasteiger partial charge in [-0.3, -0.25) is 4.72 Å². The Morgan fingerprint density at radius 3 is 2.43 bits per heavy atom. The normalized spacial score (nSPS) is 11.8. The lowest BCUT2D eigenvalue weighted by Crippen LogP contribution is -2.13. The molecular formula is C17H19N3O2S. The van der Waals surface area contributed by atoms with E-state index in [1.54, 1.807) is 30.5 Å². The van der Waals surface area contributed by atoms with E-state index in [0.717, 1.165) is 28.2 Å². The Kier molecular flexibility index (Phi) is 3.64. The van der Waals surface area contributed by atoms with Crippen LogP contribution in [0.1, 0.15) is 22.5 Å². The van der Waals surface area contributed by atoms with Crippen molar-refractivity contribution in [2.24, 2.45) is 0 Å². The number of sulfonamides is 1. The first-order valence-electron chi connectivity index (χ1n) is 7.33. The number of rotatable bonds is 3. The van der Waals surface area contributed by atoms with Crippen LogP contribution in [0.3, 0.4) is 0 Å². The van der Waals surface area contributed by atoms with Crippen LogP contribution < -0.4 is 4.72 Å². The lowest BCUT2D eigenvalue weighted by molar-refractivity contribution is 0.601. The topological polar surface area (TPSA) is 63.5 Å². The Hall–Kier alpha value is -2.34. The van der Waals surface area contributed by atoms with Crippen LogP contribution in [0.15, 0.2) is 41.4 Å². The number of aryl methyl sites for hydroxylation is 4. The number of hydrogen-bond acceptors (Lipinski definition) is 3. The summed E-state index contributed by atoms with van der Waals surface area (Å²) in [6.45, 7) is 7.74. The molecule has 23 heavy (non-hydrogen) atoms. The fourth-order valence-corrected chi connectivity index (χ4v) is 3.56. The maximum absolute atomic E-state index is 12.6. The van der Waals surface area contributed by atoms with E-state index in [9.17, 15) is 8.42 Å². The second kappa shape index (κ2) is 5.38. The number of nitrogens with one attached hydrogen (secondary N) is 1. The zero-order valence-electron chi connectivity index (χ0n) is 13.6. The predicted molar refractivity (Wildman–Crippen MR) is 91.4 cm³/mol. The molecule has 0 aliphatic heterocycles. The SMILES string of the molecule is Cc1ccc(S(=O)(=O)Nc2ccc3nc(C)c(C)n3c2)cc1C. The molecule has 0 saturated heterocycles. The molecule has 0 saturated carbocycles. The molecule has 0 aliphatic rings. The molecule has 0 spiro atoms. The van der Waals surface area contributed by atoms with E-state index in [0.29, 0.717) is 5.69 Å². The molecule has 1 N–H and O–H groups in total. The number of anilines is 1. The molecule has 0 radical (unpaired) electrons. The van der Waals surface area contributed by atoms with Crippen LogP contribution in [0.25, 0.3) is 5.65 Å². The maximum atomic E-state index is 12.6. The van der Waals surface area contributed by atoms with Gasteiger partial charge in [0.1, 0.15) is 5.65 Å². The Morgan fingerprint density at radius 2 is 1.74 bits per heavy atom. The Balaban J connectivity index is 1.99. The van der Waals surface area contributed by atoms with E-state index in [1.165, 1.54) is 0 Å². The first-order valence-corrected chi connectivity index (χ1v) is 8.81. The standard InChI is InChI=1S/C17H19N3O2S/c1-11-5-7-16(9-12(11)2)23(21,22)19-15-6-8-17-18-13(3)14(4)20(17)10-15/h5-10,19H,1-4H3. The molecule has 1 aromatic carbocycles. The third-order valence-corrected chi connectivity index (χ3v) is 5.51. The molecule has 0 bridgehead atoms. The smallest absolute Gasteiger partial charge is 0.261 e. The Bertz CT molecular complexity index is 1000. The minimum absolute atomic E-state index is 0.263. The van der Waals surface area contributed by atoms with Crippen molar-refractivity contribution in [2.75, 3.05) is 4.72 Å². The van der Waals surface area contributed by atoms with E-state index >= 15 is 0 Å². The minimum atomic E-state index is -3.61. The van der Waals surface area contributed by atoms with Crippen molar-refractivity contribution in [3.8, 4) is 0 Å². The van der Waals surface area contributed by atoms with E-state index < -0.39 is 10.0 Å². The van der Waals surface area contributed by atoms with Crippen molar-refractivity contribution < 1.29 is 8.42 Å². The van der Waals surface area contributed by atoms with E-state index in [1.807, 2.05) is 38.2 Å². The summed E-state index contributed by atoms with van der Waals surface area (Å²) in [6, 6.07) is 8.65. The third kappa shape index (κ3) is 2.82. The van der Waals surface area contributed by atoms with Crippen LogP contribution in [-0.2, 0) is 10.0 Å². The molecule has 2 heterocycles. The van der Waals surface area contributed by atoms with E-state index in [4.69, 9.17) is 0 Å². The number of aromatic nitrogens is 2. The summed E-state index contributed by atoms with van der Waals surface area (Å²) >= 11 is 0. The fourth-order valence-electron chi connectivity index (χ4n) is 2.44. The second-order valence-corrected chi connectivity index (χ2v) is 7.46. The predicted octanol–water partition coefficient (Wildman–Crippen LogP) is 3.37. The first-order chi connectivity index (χ1) is 10.8. The third-order valence-electron chi connectivity index (χ3n) is 4.14.